The third-order valence-corrected chi connectivity index (χ3v) is 4.20. The van der Waals surface area contributed by atoms with E-state index in [4.69, 9.17) is 4.42 Å². The molecule has 0 aliphatic rings. The fourth-order valence-corrected chi connectivity index (χ4v) is 2.78. The minimum absolute atomic E-state index is 0.0461. The van der Waals surface area contributed by atoms with Gasteiger partial charge in [0, 0.05) is 5.69 Å². The Bertz CT molecular complexity index is 816. The van der Waals surface area contributed by atoms with Crippen molar-refractivity contribution in [3.8, 4) is 0 Å². The molecule has 25 heavy (non-hydrogen) atoms. The van der Waals surface area contributed by atoms with Crippen LogP contribution in [0, 0.1) is 0 Å². The second kappa shape index (κ2) is 8.84. The van der Waals surface area contributed by atoms with Crippen molar-refractivity contribution in [3.05, 3.63) is 78.8 Å². The quantitative estimate of drug-likeness (QED) is 0.566. The van der Waals surface area contributed by atoms with Gasteiger partial charge >= 0.3 is 0 Å². The lowest BCUT2D eigenvalue weighted by Crippen LogP contribution is -2.13. The van der Waals surface area contributed by atoms with Crippen molar-refractivity contribution in [3.63, 3.8) is 0 Å². The molecule has 126 valence electrons. The molecular formula is C19H17N3O2S. The highest BCUT2D eigenvalue weighted by Gasteiger charge is 2.04. The molecule has 0 spiro atoms. The number of benzene rings is 2. The molecule has 0 fully saturated rings. The molecule has 1 heterocycles. The Morgan fingerprint density at radius 3 is 2.32 bits per heavy atom. The first kappa shape index (κ1) is 17.0. The fourth-order valence-electron chi connectivity index (χ4n) is 2.06. The van der Waals surface area contributed by atoms with Crippen LogP contribution in [0.4, 0.5) is 17.1 Å². The van der Waals surface area contributed by atoms with E-state index in [1.165, 1.54) is 11.8 Å². The maximum absolute atomic E-state index is 11.9. The van der Waals surface area contributed by atoms with Crippen LogP contribution in [0.1, 0.15) is 5.76 Å². The van der Waals surface area contributed by atoms with E-state index in [-0.39, 0.29) is 5.91 Å². The van der Waals surface area contributed by atoms with E-state index in [1.54, 1.807) is 6.26 Å². The average molecular weight is 351 g/mol. The molecule has 1 N–H and O–H groups in total. The van der Waals surface area contributed by atoms with Gasteiger partial charge in [-0.1, -0.05) is 18.2 Å². The van der Waals surface area contributed by atoms with Crippen molar-refractivity contribution in [2.75, 3.05) is 11.1 Å². The molecule has 5 nitrogen and oxygen atoms in total. The molecule has 0 unspecified atom stereocenters. The number of carbonyl (C=O) groups is 1. The summed E-state index contributed by atoms with van der Waals surface area (Å²) in [4.78, 5) is 11.9. The van der Waals surface area contributed by atoms with Gasteiger partial charge in [-0.25, -0.2) is 0 Å². The molecule has 3 aromatic rings. The molecule has 2 aromatic carbocycles. The van der Waals surface area contributed by atoms with E-state index >= 15 is 0 Å². The van der Waals surface area contributed by atoms with Crippen LogP contribution in [0.5, 0.6) is 0 Å². The van der Waals surface area contributed by atoms with Crippen molar-refractivity contribution in [2.45, 2.75) is 5.75 Å². The number of hydrogen-bond acceptors (Lipinski definition) is 5. The van der Waals surface area contributed by atoms with Crippen LogP contribution >= 0.6 is 11.8 Å². The summed E-state index contributed by atoms with van der Waals surface area (Å²) < 4.78 is 5.23. The molecule has 0 radical (unpaired) electrons. The highest BCUT2D eigenvalue weighted by atomic mass is 32.2. The lowest BCUT2D eigenvalue weighted by atomic mass is 10.3. The minimum atomic E-state index is -0.0461. The lowest BCUT2D eigenvalue weighted by Gasteiger charge is -2.04. The molecule has 0 bridgehead atoms. The average Bonchev–Trinajstić information content (AvgIpc) is 3.15. The Kier molecular flexibility index (Phi) is 6.01. The standard InChI is InChI=1S/C19H17N3O2S/c23-19(14-25-13-18-7-4-12-24-18)20-15-8-10-17(11-9-15)22-21-16-5-2-1-3-6-16/h1-12H,13-14H2,(H,20,23). The first-order valence-corrected chi connectivity index (χ1v) is 8.92. The van der Waals surface area contributed by atoms with E-state index < -0.39 is 0 Å². The third kappa shape index (κ3) is 5.61. The van der Waals surface area contributed by atoms with Gasteiger partial charge in [0.25, 0.3) is 0 Å². The minimum Gasteiger partial charge on any atom is -0.468 e. The molecule has 0 saturated heterocycles. The Hall–Kier alpha value is -2.86. The van der Waals surface area contributed by atoms with E-state index in [0.29, 0.717) is 11.5 Å². The van der Waals surface area contributed by atoms with Gasteiger partial charge in [0.15, 0.2) is 0 Å². The van der Waals surface area contributed by atoms with Crippen molar-refractivity contribution in [1.82, 2.24) is 0 Å². The lowest BCUT2D eigenvalue weighted by molar-refractivity contribution is -0.113. The molecule has 0 saturated carbocycles. The number of amides is 1. The van der Waals surface area contributed by atoms with Crippen LogP contribution in [0.25, 0.3) is 0 Å². The molecule has 1 aromatic heterocycles. The van der Waals surface area contributed by atoms with Gasteiger partial charge in [0.1, 0.15) is 5.76 Å². The highest BCUT2D eigenvalue weighted by Crippen LogP contribution is 2.20. The van der Waals surface area contributed by atoms with Crippen LogP contribution in [0.3, 0.4) is 0 Å². The summed E-state index contributed by atoms with van der Waals surface area (Å²) in [5.41, 5.74) is 2.27. The van der Waals surface area contributed by atoms with Crippen molar-refractivity contribution < 1.29 is 9.21 Å². The Balaban J connectivity index is 1.47. The zero-order valence-corrected chi connectivity index (χ0v) is 14.3. The van der Waals surface area contributed by atoms with Gasteiger partial charge < -0.3 is 9.73 Å². The van der Waals surface area contributed by atoms with Crippen molar-refractivity contribution in [2.24, 2.45) is 10.2 Å². The number of anilines is 1. The predicted molar refractivity (Wildman–Crippen MR) is 101 cm³/mol. The maximum Gasteiger partial charge on any atom is 0.234 e. The van der Waals surface area contributed by atoms with Gasteiger partial charge in [-0.3, -0.25) is 4.79 Å². The molecule has 0 aliphatic carbocycles. The predicted octanol–water partition coefficient (Wildman–Crippen LogP) is 5.57. The summed E-state index contributed by atoms with van der Waals surface area (Å²) in [6, 6.07) is 20.5. The third-order valence-electron chi connectivity index (χ3n) is 3.25. The Morgan fingerprint density at radius 2 is 1.64 bits per heavy atom. The summed E-state index contributed by atoms with van der Waals surface area (Å²) in [7, 11) is 0. The molecular weight excluding hydrogens is 334 g/mol. The van der Waals surface area contributed by atoms with Gasteiger partial charge in [-0.05, 0) is 48.5 Å². The number of nitrogens with one attached hydrogen (secondary N) is 1. The second-order valence-electron chi connectivity index (χ2n) is 5.20. The van der Waals surface area contributed by atoms with Crippen LogP contribution in [-0.2, 0) is 10.5 Å². The zero-order valence-electron chi connectivity index (χ0n) is 13.5. The molecule has 3 rings (SSSR count). The Morgan fingerprint density at radius 1 is 0.920 bits per heavy atom. The molecule has 6 heteroatoms. The van der Waals surface area contributed by atoms with Crippen LogP contribution in [0.15, 0.2) is 87.6 Å². The SMILES string of the molecule is O=C(CSCc1ccco1)Nc1ccc(N=Nc2ccccc2)cc1. The summed E-state index contributed by atoms with van der Waals surface area (Å²) in [5.74, 6) is 1.87. The monoisotopic (exact) mass is 351 g/mol. The first-order chi connectivity index (χ1) is 12.3. The number of thioether (sulfide) groups is 1. The summed E-state index contributed by atoms with van der Waals surface area (Å²) in [6.07, 6.45) is 1.63. The number of carbonyl (C=O) groups excluding carboxylic acids is 1. The van der Waals surface area contributed by atoms with E-state index in [1.807, 2.05) is 66.7 Å². The summed E-state index contributed by atoms with van der Waals surface area (Å²) in [6.45, 7) is 0. The first-order valence-electron chi connectivity index (χ1n) is 7.76. The summed E-state index contributed by atoms with van der Waals surface area (Å²) in [5, 5.41) is 11.2. The number of azo groups is 1. The second-order valence-corrected chi connectivity index (χ2v) is 6.19. The number of furan rings is 1. The number of nitrogens with zero attached hydrogens (tertiary/aromatic N) is 2. The maximum atomic E-state index is 11.9. The van der Waals surface area contributed by atoms with Crippen LogP contribution in [-0.4, -0.2) is 11.7 Å². The number of hydrogen-bond donors (Lipinski definition) is 1. The van der Waals surface area contributed by atoms with Gasteiger partial charge in [0.05, 0.1) is 29.1 Å². The Labute approximate surface area is 150 Å². The fraction of sp³-hybridized carbons (Fsp3) is 0.105. The van der Waals surface area contributed by atoms with Gasteiger partial charge in [-0.2, -0.15) is 10.2 Å². The van der Waals surface area contributed by atoms with Crippen LogP contribution in [0.2, 0.25) is 0 Å². The normalized spacial score (nSPS) is 10.9. The zero-order chi connectivity index (χ0) is 17.3. The molecule has 1 amide bonds. The van der Waals surface area contributed by atoms with E-state index in [0.717, 1.165) is 22.8 Å². The topological polar surface area (TPSA) is 67.0 Å². The summed E-state index contributed by atoms with van der Waals surface area (Å²) >= 11 is 1.51. The van der Waals surface area contributed by atoms with Gasteiger partial charge in [-0.15, -0.1) is 11.8 Å². The smallest absolute Gasteiger partial charge is 0.234 e. The van der Waals surface area contributed by atoms with Crippen molar-refractivity contribution in [1.29, 1.82) is 0 Å². The van der Waals surface area contributed by atoms with E-state index in [9.17, 15) is 4.79 Å². The van der Waals surface area contributed by atoms with E-state index in [2.05, 4.69) is 15.5 Å². The largest absolute Gasteiger partial charge is 0.468 e. The molecule has 0 atom stereocenters. The van der Waals surface area contributed by atoms with Crippen molar-refractivity contribution >= 4 is 34.7 Å². The molecule has 0 aliphatic heterocycles. The number of rotatable bonds is 7. The van der Waals surface area contributed by atoms with Crippen LogP contribution < -0.4 is 5.32 Å². The highest BCUT2D eigenvalue weighted by molar-refractivity contribution is 7.99. The van der Waals surface area contributed by atoms with Gasteiger partial charge in [0.2, 0.25) is 5.91 Å².